The van der Waals surface area contributed by atoms with Gasteiger partial charge in [0.05, 0.1) is 11.6 Å². The molecule has 0 spiro atoms. The highest BCUT2D eigenvalue weighted by Crippen LogP contribution is 2.25. The lowest BCUT2D eigenvalue weighted by Gasteiger charge is -2.35. The number of primary amides is 1. The topological polar surface area (TPSA) is 70.1 Å². The van der Waals surface area contributed by atoms with Crippen molar-refractivity contribution >= 4 is 11.6 Å². The maximum Gasteiger partial charge on any atom is 0.240 e. The van der Waals surface area contributed by atoms with E-state index in [1.165, 1.54) is 0 Å². The number of anilines is 1. The normalized spacial score (nSPS) is 19.7. The zero-order valence-electron chi connectivity index (χ0n) is 9.60. The number of nitriles is 1. The van der Waals surface area contributed by atoms with Crippen LogP contribution in [0, 0.1) is 11.3 Å². The molecule has 1 aromatic rings. The minimum atomic E-state index is -0.285. The number of rotatable bonds is 2. The summed E-state index contributed by atoms with van der Waals surface area (Å²) < 4.78 is 0. The van der Waals surface area contributed by atoms with Crippen molar-refractivity contribution in [2.45, 2.75) is 25.3 Å². The van der Waals surface area contributed by atoms with E-state index in [-0.39, 0.29) is 11.9 Å². The highest BCUT2D eigenvalue weighted by atomic mass is 16.1. The molecule has 1 aromatic carbocycles. The van der Waals surface area contributed by atoms with Crippen LogP contribution in [-0.2, 0) is 4.79 Å². The van der Waals surface area contributed by atoms with E-state index in [0.717, 1.165) is 31.5 Å². The fourth-order valence-electron chi connectivity index (χ4n) is 2.29. The molecular formula is C13H15N3O. The first-order chi connectivity index (χ1) is 8.22. The largest absolute Gasteiger partial charge is 0.368 e. The van der Waals surface area contributed by atoms with Gasteiger partial charge in [-0.15, -0.1) is 0 Å². The molecule has 0 aromatic heterocycles. The first kappa shape index (κ1) is 11.5. The van der Waals surface area contributed by atoms with E-state index in [1.54, 1.807) is 12.1 Å². The highest BCUT2D eigenvalue weighted by molar-refractivity contribution is 5.84. The average molecular weight is 229 g/mol. The van der Waals surface area contributed by atoms with Crippen LogP contribution in [0.15, 0.2) is 24.3 Å². The molecule has 1 aliphatic rings. The number of piperidine rings is 1. The molecule has 0 bridgehead atoms. The zero-order valence-corrected chi connectivity index (χ0v) is 9.60. The van der Waals surface area contributed by atoms with E-state index < -0.39 is 0 Å². The second kappa shape index (κ2) is 4.88. The van der Waals surface area contributed by atoms with Gasteiger partial charge in [0.25, 0.3) is 0 Å². The smallest absolute Gasteiger partial charge is 0.240 e. The molecule has 1 fully saturated rings. The average Bonchev–Trinajstić information content (AvgIpc) is 2.39. The van der Waals surface area contributed by atoms with Gasteiger partial charge < -0.3 is 10.6 Å². The Morgan fingerprint density at radius 1 is 1.47 bits per heavy atom. The van der Waals surface area contributed by atoms with Crippen molar-refractivity contribution < 1.29 is 4.79 Å². The van der Waals surface area contributed by atoms with Crippen LogP contribution < -0.4 is 10.6 Å². The van der Waals surface area contributed by atoms with Gasteiger partial charge in [0.15, 0.2) is 0 Å². The Kier molecular flexibility index (Phi) is 3.29. The van der Waals surface area contributed by atoms with Crippen LogP contribution in [0.25, 0.3) is 0 Å². The molecule has 1 heterocycles. The van der Waals surface area contributed by atoms with Crippen molar-refractivity contribution in [1.82, 2.24) is 0 Å². The van der Waals surface area contributed by atoms with E-state index in [1.807, 2.05) is 17.0 Å². The van der Waals surface area contributed by atoms with E-state index in [0.29, 0.717) is 5.56 Å². The minimum absolute atomic E-state index is 0.238. The van der Waals surface area contributed by atoms with Crippen LogP contribution in [0.2, 0.25) is 0 Å². The Hall–Kier alpha value is -2.02. The van der Waals surface area contributed by atoms with Gasteiger partial charge >= 0.3 is 0 Å². The molecular weight excluding hydrogens is 214 g/mol. The summed E-state index contributed by atoms with van der Waals surface area (Å²) in [6.07, 6.45) is 2.88. The summed E-state index contributed by atoms with van der Waals surface area (Å²) in [6.45, 7) is 0.822. The maximum absolute atomic E-state index is 11.4. The van der Waals surface area contributed by atoms with Gasteiger partial charge in [-0.2, -0.15) is 5.26 Å². The van der Waals surface area contributed by atoms with Gasteiger partial charge in [-0.1, -0.05) is 6.07 Å². The molecule has 17 heavy (non-hydrogen) atoms. The molecule has 1 atom stereocenters. The van der Waals surface area contributed by atoms with Gasteiger partial charge in [0.1, 0.15) is 6.04 Å². The summed E-state index contributed by atoms with van der Waals surface area (Å²) in [6, 6.07) is 9.19. The third kappa shape index (κ3) is 2.39. The van der Waals surface area contributed by atoms with Crippen LogP contribution in [0.1, 0.15) is 24.8 Å². The Morgan fingerprint density at radius 3 is 3.00 bits per heavy atom. The molecule has 4 heteroatoms. The number of carbonyl (C=O) groups excluding carboxylic acids is 1. The van der Waals surface area contributed by atoms with Crippen molar-refractivity contribution in [3.63, 3.8) is 0 Å². The van der Waals surface area contributed by atoms with Crippen LogP contribution >= 0.6 is 0 Å². The van der Waals surface area contributed by atoms with E-state index in [9.17, 15) is 4.79 Å². The van der Waals surface area contributed by atoms with E-state index in [2.05, 4.69) is 6.07 Å². The Labute approximate surface area is 101 Å². The number of hydrogen-bond acceptors (Lipinski definition) is 3. The lowest BCUT2D eigenvalue weighted by Crippen LogP contribution is -2.47. The van der Waals surface area contributed by atoms with Crippen molar-refractivity contribution in [2.75, 3.05) is 11.4 Å². The standard InChI is InChI=1S/C13H15N3O/c14-9-10-4-3-5-11(8-10)16-7-2-1-6-12(16)13(15)17/h3-5,8,12H,1-2,6-7H2,(H2,15,17). The van der Waals surface area contributed by atoms with Gasteiger partial charge in [-0.25, -0.2) is 0 Å². The molecule has 1 aliphatic heterocycles. The SMILES string of the molecule is N#Cc1cccc(N2CCCCC2C(N)=O)c1. The van der Waals surface area contributed by atoms with Crippen LogP contribution in [-0.4, -0.2) is 18.5 Å². The number of carbonyl (C=O) groups is 1. The van der Waals surface area contributed by atoms with Gasteiger partial charge in [-0.05, 0) is 37.5 Å². The molecule has 4 nitrogen and oxygen atoms in total. The number of amides is 1. The van der Waals surface area contributed by atoms with E-state index >= 15 is 0 Å². The van der Waals surface area contributed by atoms with E-state index in [4.69, 9.17) is 11.0 Å². The number of benzene rings is 1. The summed E-state index contributed by atoms with van der Waals surface area (Å²) >= 11 is 0. The Morgan fingerprint density at radius 2 is 2.29 bits per heavy atom. The summed E-state index contributed by atoms with van der Waals surface area (Å²) in [7, 11) is 0. The lowest BCUT2D eigenvalue weighted by molar-refractivity contribution is -0.119. The zero-order chi connectivity index (χ0) is 12.3. The summed E-state index contributed by atoms with van der Waals surface area (Å²) in [5, 5.41) is 8.88. The van der Waals surface area contributed by atoms with Crippen molar-refractivity contribution in [1.29, 1.82) is 5.26 Å². The third-order valence-electron chi connectivity index (χ3n) is 3.14. The van der Waals surface area contributed by atoms with Crippen LogP contribution in [0.3, 0.4) is 0 Å². The molecule has 2 rings (SSSR count). The Balaban J connectivity index is 2.29. The van der Waals surface area contributed by atoms with Crippen LogP contribution in [0.5, 0.6) is 0 Å². The molecule has 0 aliphatic carbocycles. The molecule has 1 amide bonds. The molecule has 88 valence electrons. The fourth-order valence-corrected chi connectivity index (χ4v) is 2.29. The quantitative estimate of drug-likeness (QED) is 0.833. The molecule has 0 radical (unpaired) electrons. The second-order valence-corrected chi connectivity index (χ2v) is 4.27. The first-order valence-corrected chi connectivity index (χ1v) is 5.78. The highest BCUT2D eigenvalue weighted by Gasteiger charge is 2.26. The Bertz CT molecular complexity index is 464. The monoisotopic (exact) mass is 229 g/mol. The lowest BCUT2D eigenvalue weighted by atomic mass is 10.0. The number of nitrogens with zero attached hydrogens (tertiary/aromatic N) is 2. The molecule has 2 N–H and O–H groups in total. The van der Waals surface area contributed by atoms with Crippen LogP contribution in [0.4, 0.5) is 5.69 Å². The summed E-state index contributed by atoms with van der Waals surface area (Å²) in [4.78, 5) is 13.4. The fraction of sp³-hybridized carbons (Fsp3) is 0.385. The maximum atomic E-state index is 11.4. The van der Waals surface area contributed by atoms with Gasteiger partial charge in [0.2, 0.25) is 5.91 Å². The molecule has 1 saturated heterocycles. The number of nitrogens with two attached hydrogens (primary N) is 1. The minimum Gasteiger partial charge on any atom is -0.368 e. The van der Waals surface area contributed by atoms with Gasteiger partial charge in [0, 0.05) is 12.2 Å². The molecule has 0 saturated carbocycles. The van der Waals surface area contributed by atoms with Crippen molar-refractivity contribution in [3.05, 3.63) is 29.8 Å². The predicted octanol–water partition coefficient (Wildman–Crippen LogP) is 1.40. The number of hydrogen-bond donors (Lipinski definition) is 1. The third-order valence-corrected chi connectivity index (χ3v) is 3.14. The second-order valence-electron chi connectivity index (χ2n) is 4.27. The van der Waals surface area contributed by atoms with Crippen molar-refractivity contribution in [2.24, 2.45) is 5.73 Å². The summed E-state index contributed by atoms with van der Waals surface area (Å²) in [5.74, 6) is -0.285. The van der Waals surface area contributed by atoms with Crippen molar-refractivity contribution in [3.8, 4) is 6.07 Å². The molecule has 1 unspecified atom stereocenters. The predicted molar refractivity (Wildman–Crippen MR) is 65.3 cm³/mol. The van der Waals surface area contributed by atoms with Gasteiger partial charge in [-0.3, -0.25) is 4.79 Å². The summed E-state index contributed by atoms with van der Waals surface area (Å²) in [5.41, 5.74) is 6.94. The first-order valence-electron chi connectivity index (χ1n) is 5.78.